The van der Waals surface area contributed by atoms with Gasteiger partial charge in [-0.15, -0.1) is 10.2 Å². The standard InChI is InChI=1S/C15H21N5O2/c1-10-11(2)18-20-9-16-17-14(20)13(10)19-5-12-3-4-22-8-15(12,6-19)7-21/h9,12,21H,3-8H2,1-2H3/t12-,15+/m0/s1. The maximum atomic E-state index is 9.96. The van der Waals surface area contributed by atoms with Gasteiger partial charge in [-0.05, 0) is 31.7 Å². The third-order valence-corrected chi connectivity index (χ3v) is 5.34. The van der Waals surface area contributed by atoms with Crippen LogP contribution in [0.5, 0.6) is 0 Å². The molecule has 2 aromatic rings. The lowest BCUT2D eigenvalue weighted by molar-refractivity contribution is -0.0543. The quantitative estimate of drug-likeness (QED) is 0.874. The molecule has 2 atom stereocenters. The number of ether oxygens (including phenoxy) is 1. The highest BCUT2D eigenvalue weighted by atomic mass is 16.5. The molecule has 0 spiro atoms. The molecule has 0 amide bonds. The van der Waals surface area contributed by atoms with E-state index in [1.165, 1.54) is 0 Å². The summed E-state index contributed by atoms with van der Waals surface area (Å²) in [5, 5.41) is 22.7. The van der Waals surface area contributed by atoms with Crippen LogP contribution >= 0.6 is 0 Å². The zero-order valence-electron chi connectivity index (χ0n) is 13.0. The maximum absolute atomic E-state index is 9.96. The lowest BCUT2D eigenvalue weighted by Gasteiger charge is -2.36. The molecule has 2 aromatic heterocycles. The van der Waals surface area contributed by atoms with Gasteiger partial charge in [0.05, 0.1) is 24.6 Å². The van der Waals surface area contributed by atoms with Gasteiger partial charge in [0, 0.05) is 25.1 Å². The van der Waals surface area contributed by atoms with Crippen LogP contribution in [0.25, 0.3) is 5.65 Å². The van der Waals surface area contributed by atoms with Gasteiger partial charge in [-0.3, -0.25) is 0 Å². The molecule has 0 aliphatic carbocycles. The van der Waals surface area contributed by atoms with Crippen LogP contribution in [0.1, 0.15) is 17.7 Å². The highest BCUT2D eigenvalue weighted by molar-refractivity contribution is 5.73. The van der Waals surface area contributed by atoms with E-state index in [4.69, 9.17) is 4.74 Å². The Bertz CT molecular complexity index is 715. The number of aromatic nitrogens is 4. The van der Waals surface area contributed by atoms with Crippen molar-refractivity contribution in [2.75, 3.05) is 37.8 Å². The summed E-state index contributed by atoms with van der Waals surface area (Å²) in [6.07, 6.45) is 2.64. The number of fused-ring (bicyclic) bond motifs is 2. The summed E-state index contributed by atoms with van der Waals surface area (Å²) in [5.74, 6) is 0.460. The number of aliphatic hydroxyl groups is 1. The number of hydrogen-bond donors (Lipinski definition) is 1. The van der Waals surface area contributed by atoms with Crippen molar-refractivity contribution in [3.05, 3.63) is 17.6 Å². The Morgan fingerprint density at radius 2 is 2.32 bits per heavy atom. The molecule has 1 N–H and O–H groups in total. The number of aryl methyl sites for hydroxylation is 1. The Balaban J connectivity index is 1.80. The summed E-state index contributed by atoms with van der Waals surface area (Å²) < 4.78 is 7.39. The summed E-state index contributed by atoms with van der Waals surface area (Å²) in [6.45, 7) is 7.40. The van der Waals surface area contributed by atoms with E-state index in [-0.39, 0.29) is 12.0 Å². The number of nitrogens with zero attached hydrogens (tertiary/aromatic N) is 5. The van der Waals surface area contributed by atoms with E-state index >= 15 is 0 Å². The van der Waals surface area contributed by atoms with Crippen molar-refractivity contribution in [2.24, 2.45) is 11.3 Å². The maximum Gasteiger partial charge on any atom is 0.201 e. The predicted octanol–water partition coefficient (Wildman–Crippen LogP) is 0.576. The van der Waals surface area contributed by atoms with Crippen LogP contribution < -0.4 is 4.90 Å². The largest absolute Gasteiger partial charge is 0.396 e. The lowest BCUT2D eigenvalue weighted by atomic mass is 9.76. The van der Waals surface area contributed by atoms with Crippen LogP contribution in [0.3, 0.4) is 0 Å². The third kappa shape index (κ3) is 1.85. The fourth-order valence-electron chi connectivity index (χ4n) is 3.90. The molecule has 7 nitrogen and oxygen atoms in total. The van der Waals surface area contributed by atoms with Gasteiger partial charge in [-0.2, -0.15) is 9.61 Å². The van der Waals surface area contributed by atoms with Crippen molar-refractivity contribution in [3.63, 3.8) is 0 Å². The van der Waals surface area contributed by atoms with E-state index in [9.17, 15) is 5.11 Å². The van der Waals surface area contributed by atoms with E-state index in [1.807, 2.05) is 6.92 Å². The molecular formula is C15H21N5O2. The van der Waals surface area contributed by atoms with Crippen molar-refractivity contribution in [3.8, 4) is 0 Å². The Morgan fingerprint density at radius 3 is 3.09 bits per heavy atom. The molecule has 2 fully saturated rings. The molecule has 7 heteroatoms. The molecule has 4 heterocycles. The molecule has 0 radical (unpaired) electrons. The highest BCUT2D eigenvalue weighted by Gasteiger charge is 2.49. The second-order valence-electron chi connectivity index (χ2n) is 6.60. The predicted molar refractivity (Wildman–Crippen MR) is 80.9 cm³/mol. The Kier molecular flexibility index (Phi) is 3.09. The fourth-order valence-corrected chi connectivity index (χ4v) is 3.90. The van der Waals surface area contributed by atoms with Gasteiger partial charge in [0.1, 0.15) is 6.33 Å². The van der Waals surface area contributed by atoms with Crippen LogP contribution in [0.2, 0.25) is 0 Å². The Labute approximate surface area is 128 Å². The second kappa shape index (κ2) is 4.89. The van der Waals surface area contributed by atoms with Crippen molar-refractivity contribution in [1.82, 2.24) is 19.8 Å². The minimum atomic E-state index is -0.154. The average molecular weight is 303 g/mol. The SMILES string of the molecule is Cc1nn2cnnc2c(N2C[C@@H]3CCOC[C@]3(CO)C2)c1C. The van der Waals surface area contributed by atoms with Crippen molar-refractivity contribution in [1.29, 1.82) is 0 Å². The van der Waals surface area contributed by atoms with E-state index in [0.717, 1.165) is 48.7 Å². The molecule has 0 bridgehead atoms. The molecule has 2 aliphatic heterocycles. The third-order valence-electron chi connectivity index (χ3n) is 5.34. The molecule has 2 aliphatic rings. The van der Waals surface area contributed by atoms with Gasteiger partial charge in [-0.1, -0.05) is 0 Å². The normalized spacial score (nSPS) is 28.3. The molecule has 22 heavy (non-hydrogen) atoms. The first-order valence-corrected chi connectivity index (χ1v) is 7.75. The first-order valence-electron chi connectivity index (χ1n) is 7.75. The first-order chi connectivity index (χ1) is 10.6. The summed E-state index contributed by atoms with van der Waals surface area (Å²) in [4.78, 5) is 2.34. The van der Waals surface area contributed by atoms with Gasteiger partial charge >= 0.3 is 0 Å². The van der Waals surface area contributed by atoms with E-state index in [2.05, 4.69) is 27.1 Å². The van der Waals surface area contributed by atoms with Gasteiger partial charge in [0.2, 0.25) is 5.65 Å². The van der Waals surface area contributed by atoms with Crippen LogP contribution in [0, 0.1) is 25.2 Å². The second-order valence-corrected chi connectivity index (χ2v) is 6.60. The lowest BCUT2D eigenvalue weighted by Crippen LogP contribution is -2.43. The molecular weight excluding hydrogens is 282 g/mol. The summed E-state index contributed by atoms with van der Waals surface area (Å²) in [6, 6.07) is 0. The highest BCUT2D eigenvalue weighted by Crippen LogP contribution is 2.44. The minimum Gasteiger partial charge on any atom is -0.396 e. The van der Waals surface area contributed by atoms with Crippen LogP contribution in [0.15, 0.2) is 6.33 Å². The number of hydrogen-bond acceptors (Lipinski definition) is 6. The molecule has 2 saturated heterocycles. The van der Waals surface area contributed by atoms with Crippen LogP contribution in [-0.4, -0.2) is 57.8 Å². The van der Waals surface area contributed by atoms with E-state index in [1.54, 1.807) is 10.8 Å². The topological polar surface area (TPSA) is 75.8 Å². The monoisotopic (exact) mass is 303 g/mol. The number of anilines is 1. The van der Waals surface area contributed by atoms with Gasteiger partial charge in [0.15, 0.2) is 0 Å². The Hall–Kier alpha value is -1.73. The van der Waals surface area contributed by atoms with Crippen molar-refractivity contribution < 1.29 is 9.84 Å². The van der Waals surface area contributed by atoms with Crippen molar-refractivity contribution in [2.45, 2.75) is 20.3 Å². The average Bonchev–Trinajstić information content (AvgIpc) is 3.12. The summed E-state index contributed by atoms with van der Waals surface area (Å²) >= 11 is 0. The molecule has 4 rings (SSSR count). The number of aliphatic hydroxyl groups excluding tert-OH is 1. The smallest absolute Gasteiger partial charge is 0.201 e. The van der Waals surface area contributed by atoms with E-state index < -0.39 is 0 Å². The number of rotatable bonds is 2. The van der Waals surface area contributed by atoms with Crippen molar-refractivity contribution >= 4 is 11.3 Å². The van der Waals surface area contributed by atoms with Crippen LogP contribution in [0.4, 0.5) is 5.69 Å². The first kappa shape index (κ1) is 13.9. The van der Waals surface area contributed by atoms with Gasteiger partial charge in [-0.25, -0.2) is 0 Å². The molecule has 0 aromatic carbocycles. The van der Waals surface area contributed by atoms with Crippen LogP contribution in [-0.2, 0) is 4.74 Å². The summed E-state index contributed by atoms with van der Waals surface area (Å²) in [5.41, 5.74) is 3.83. The molecule has 118 valence electrons. The fraction of sp³-hybridized carbons (Fsp3) is 0.667. The van der Waals surface area contributed by atoms with E-state index in [0.29, 0.717) is 12.5 Å². The molecule has 0 unspecified atom stereocenters. The van der Waals surface area contributed by atoms with Gasteiger partial charge in [0.25, 0.3) is 0 Å². The zero-order chi connectivity index (χ0) is 15.3. The minimum absolute atomic E-state index is 0.154. The Morgan fingerprint density at radius 1 is 1.45 bits per heavy atom. The molecule has 0 saturated carbocycles. The zero-order valence-corrected chi connectivity index (χ0v) is 13.0. The summed E-state index contributed by atoms with van der Waals surface area (Å²) in [7, 11) is 0. The van der Waals surface area contributed by atoms with Gasteiger partial charge < -0.3 is 14.7 Å².